The van der Waals surface area contributed by atoms with Gasteiger partial charge in [0.1, 0.15) is 0 Å². The van der Waals surface area contributed by atoms with Crippen LogP contribution in [-0.4, -0.2) is 10.7 Å². The number of ketones is 1. The maximum atomic E-state index is 12.8. The summed E-state index contributed by atoms with van der Waals surface area (Å²) >= 11 is 1.36. The van der Waals surface area contributed by atoms with Crippen molar-refractivity contribution in [2.75, 3.05) is 0 Å². The second-order valence-corrected chi connectivity index (χ2v) is 6.50. The number of carbonyl (C=O) groups is 1. The Labute approximate surface area is 142 Å². The molecule has 0 aromatic heterocycles. The highest BCUT2D eigenvalue weighted by Crippen LogP contribution is 2.44. The summed E-state index contributed by atoms with van der Waals surface area (Å²) < 4.78 is 0. The summed E-state index contributed by atoms with van der Waals surface area (Å²) in [6.45, 7) is 0. The van der Waals surface area contributed by atoms with Gasteiger partial charge in [0.05, 0.1) is 15.4 Å². The number of rotatable bonds is 2. The van der Waals surface area contributed by atoms with Gasteiger partial charge in [-0.3, -0.25) is 14.9 Å². The van der Waals surface area contributed by atoms with Gasteiger partial charge in [-0.15, -0.1) is 0 Å². The van der Waals surface area contributed by atoms with E-state index in [0.717, 1.165) is 15.7 Å². The van der Waals surface area contributed by atoms with Crippen LogP contribution in [0.4, 0.5) is 5.69 Å². The first kappa shape index (κ1) is 14.7. The van der Waals surface area contributed by atoms with E-state index in [1.54, 1.807) is 24.3 Å². The molecule has 0 unspecified atom stereocenters. The number of nitro groups is 1. The van der Waals surface area contributed by atoms with E-state index in [9.17, 15) is 14.9 Å². The number of hydrogen-bond donors (Lipinski definition) is 0. The van der Waals surface area contributed by atoms with Gasteiger partial charge in [0.25, 0.3) is 5.69 Å². The van der Waals surface area contributed by atoms with Crippen molar-refractivity contribution in [3.8, 4) is 0 Å². The highest BCUT2D eigenvalue weighted by molar-refractivity contribution is 8.05. The third-order valence-electron chi connectivity index (χ3n) is 3.98. The van der Waals surface area contributed by atoms with E-state index in [1.165, 1.54) is 17.8 Å². The van der Waals surface area contributed by atoms with E-state index in [0.29, 0.717) is 16.0 Å². The fraction of sp³-hybridized carbons (Fsp3) is 0. The van der Waals surface area contributed by atoms with Crippen LogP contribution in [0.1, 0.15) is 15.9 Å². The molecule has 0 saturated heterocycles. The zero-order valence-electron chi connectivity index (χ0n) is 12.4. The molecule has 0 atom stereocenters. The summed E-state index contributed by atoms with van der Waals surface area (Å²) in [6.07, 6.45) is 1.61. The molecule has 1 aliphatic rings. The molecule has 116 valence electrons. The van der Waals surface area contributed by atoms with Crippen molar-refractivity contribution in [3.05, 3.63) is 86.8 Å². The Kier molecular flexibility index (Phi) is 3.43. The van der Waals surface area contributed by atoms with Gasteiger partial charge >= 0.3 is 0 Å². The summed E-state index contributed by atoms with van der Waals surface area (Å²) in [5, 5.41) is 13.1. The third kappa shape index (κ3) is 2.30. The number of hydrogen-bond acceptors (Lipinski definition) is 4. The molecule has 0 saturated carbocycles. The van der Waals surface area contributed by atoms with Crippen molar-refractivity contribution in [2.24, 2.45) is 0 Å². The van der Waals surface area contributed by atoms with E-state index in [1.807, 2.05) is 36.4 Å². The van der Waals surface area contributed by atoms with Gasteiger partial charge in [-0.1, -0.05) is 54.2 Å². The predicted molar refractivity (Wildman–Crippen MR) is 95.2 cm³/mol. The molecule has 0 bridgehead atoms. The van der Waals surface area contributed by atoms with Gasteiger partial charge in [-0.05, 0) is 29.0 Å². The lowest BCUT2D eigenvalue weighted by Crippen LogP contribution is -1.97. The lowest BCUT2D eigenvalue weighted by atomic mass is 10.0. The molecule has 4 rings (SSSR count). The summed E-state index contributed by atoms with van der Waals surface area (Å²) in [5.41, 5.74) is 1.12. The molecule has 24 heavy (non-hydrogen) atoms. The summed E-state index contributed by atoms with van der Waals surface area (Å²) in [6, 6.07) is 18.1. The Morgan fingerprint density at radius 2 is 1.71 bits per heavy atom. The smallest absolute Gasteiger partial charge is 0.276 e. The van der Waals surface area contributed by atoms with E-state index in [4.69, 9.17) is 0 Å². The van der Waals surface area contributed by atoms with E-state index < -0.39 is 4.92 Å². The Hall–Kier alpha value is -2.92. The maximum Gasteiger partial charge on any atom is 0.276 e. The summed E-state index contributed by atoms with van der Waals surface area (Å²) in [5.74, 6) is -0.0787. The van der Waals surface area contributed by atoms with Crippen LogP contribution in [0.3, 0.4) is 0 Å². The minimum atomic E-state index is -0.432. The molecule has 0 radical (unpaired) electrons. The van der Waals surface area contributed by atoms with Crippen molar-refractivity contribution in [1.29, 1.82) is 0 Å². The number of nitrogens with zero attached hydrogens (tertiary/aromatic N) is 1. The molecular weight excluding hydrogens is 322 g/mol. The van der Waals surface area contributed by atoms with Gasteiger partial charge < -0.3 is 0 Å². The summed E-state index contributed by atoms with van der Waals surface area (Å²) in [7, 11) is 0. The number of para-hydroxylation sites is 1. The van der Waals surface area contributed by atoms with Gasteiger partial charge in [-0.2, -0.15) is 0 Å². The number of fused-ring (bicyclic) bond motifs is 3. The molecule has 0 spiro atoms. The van der Waals surface area contributed by atoms with Crippen LogP contribution >= 0.6 is 11.8 Å². The van der Waals surface area contributed by atoms with Crippen LogP contribution in [-0.2, 0) is 0 Å². The van der Waals surface area contributed by atoms with Crippen LogP contribution in [0.25, 0.3) is 16.8 Å². The first-order chi connectivity index (χ1) is 11.6. The number of nitro benzene ring substituents is 1. The second-order valence-electron chi connectivity index (χ2n) is 5.42. The van der Waals surface area contributed by atoms with E-state index >= 15 is 0 Å². The molecule has 4 nitrogen and oxygen atoms in total. The average molecular weight is 333 g/mol. The van der Waals surface area contributed by atoms with Crippen LogP contribution in [0.15, 0.2) is 70.5 Å². The van der Waals surface area contributed by atoms with Crippen LogP contribution in [0.5, 0.6) is 0 Å². The zero-order valence-corrected chi connectivity index (χ0v) is 13.2. The monoisotopic (exact) mass is 333 g/mol. The van der Waals surface area contributed by atoms with Crippen LogP contribution < -0.4 is 0 Å². The zero-order chi connectivity index (χ0) is 16.7. The maximum absolute atomic E-state index is 12.8. The minimum absolute atomic E-state index is 0.000728. The average Bonchev–Trinajstić information content (AvgIpc) is 2.91. The van der Waals surface area contributed by atoms with Crippen molar-refractivity contribution < 1.29 is 9.72 Å². The molecule has 5 heteroatoms. The van der Waals surface area contributed by atoms with Gasteiger partial charge in [0, 0.05) is 16.5 Å². The van der Waals surface area contributed by atoms with Crippen molar-refractivity contribution in [3.63, 3.8) is 0 Å². The number of allylic oxidation sites excluding steroid dienone is 1. The highest BCUT2D eigenvalue weighted by Gasteiger charge is 2.28. The van der Waals surface area contributed by atoms with Crippen molar-refractivity contribution >= 4 is 40.1 Å². The molecule has 3 aromatic rings. The molecule has 0 amide bonds. The van der Waals surface area contributed by atoms with E-state index in [-0.39, 0.29) is 11.5 Å². The predicted octanol–water partition coefficient (Wildman–Crippen LogP) is 5.08. The van der Waals surface area contributed by atoms with Crippen molar-refractivity contribution in [2.45, 2.75) is 4.90 Å². The first-order valence-corrected chi connectivity index (χ1v) is 8.16. The number of thioether (sulfide) groups is 1. The molecule has 3 aromatic carbocycles. The summed E-state index contributed by atoms with van der Waals surface area (Å²) in [4.78, 5) is 25.0. The SMILES string of the molecule is O=C1/C(=C\c2ccccc2[N+](=O)[O-])Sc2ccc3ccccc3c21. The molecule has 0 fully saturated rings. The van der Waals surface area contributed by atoms with Crippen LogP contribution in [0.2, 0.25) is 0 Å². The topological polar surface area (TPSA) is 60.2 Å². The third-order valence-corrected chi connectivity index (χ3v) is 5.06. The number of carbonyl (C=O) groups excluding carboxylic acids is 1. The van der Waals surface area contributed by atoms with Gasteiger partial charge in [-0.25, -0.2) is 0 Å². The van der Waals surface area contributed by atoms with Gasteiger partial charge in [0.2, 0.25) is 5.78 Å². The molecule has 1 heterocycles. The Balaban J connectivity index is 1.84. The Morgan fingerprint density at radius 3 is 2.54 bits per heavy atom. The van der Waals surface area contributed by atoms with E-state index in [2.05, 4.69) is 0 Å². The Morgan fingerprint density at radius 1 is 0.958 bits per heavy atom. The minimum Gasteiger partial charge on any atom is -0.288 e. The first-order valence-electron chi connectivity index (χ1n) is 7.34. The molecule has 0 N–H and O–H groups in total. The molecular formula is C19H11NO3S. The highest BCUT2D eigenvalue weighted by atomic mass is 32.2. The lowest BCUT2D eigenvalue weighted by molar-refractivity contribution is -0.385. The quantitative estimate of drug-likeness (QED) is 0.373. The normalized spacial score (nSPS) is 15.0. The fourth-order valence-corrected chi connectivity index (χ4v) is 3.93. The van der Waals surface area contributed by atoms with Gasteiger partial charge in [0.15, 0.2) is 0 Å². The number of Topliss-reactive ketones (excluding diaryl/α,β-unsaturated/α-hetero) is 1. The van der Waals surface area contributed by atoms with Crippen LogP contribution in [0, 0.1) is 10.1 Å². The standard InChI is InChI=1S/C19H11NO3S/c21-19-17(11-13-6-2-4-8-15(13)20(22)23)24-16-10-9-12-5-1-3-7-14(12)18(16)19/h1-11H/b17-11+. The lowest BCUT2D eigenvalue weighted by Gasteiger charge is -2.02. The molecule has 0 aliphatic carbocycles. The fourth-order valence-electron chi connectivity index (χ4n) is 2.87. The largest absolute Gasteiger partial charge is 0.288 e. The molecule has 1 aliphatic heterocycles. The Bertz CT molecular complexity index is 1040. The van der Waals surface area contributed by atoms with Crippen molar-refractivity contribution in [1.82, 2.24) is 0 Å². The second kappa shape index (κ2) is 5.62. The number of benzene rings is 3.